The van der Waals surface area contributed by atoms with Crippen molar-refractivity contribution < 1.29 is 4.79 Å². The van der Waals surface area contributed by atoms with Crippen molar-refractivity contribution in [1.82, 2.24) is 25.0 Å². The fourth-order valence-electron chi connectivity index (χ4n) is 2.76. The van der Waals surface area contributed by atoms with Crippen LogP contribution < -0.4 is 5.32 Å². The second-order valence-electron chi connectivity index (χ2n) is 5.26. The van der Waals surface area contributed by atoms with Gasteiger partial charge >= 0.3 is 0 Å². The Kier molecular flexibility index (Phi) is 3.77. The third kappa shape index (κ3) is 2.58. The van der Waals surface area contributed by atoms with Crippen LogP contribution in [0.25, 0.3) is 0 Å². The van der Waals surface area contributed by atoms with E-state index in [0.29, 0.717) is 0 Å². The van der Waals surface area contributed by atoms with E-state index >= 15 is 0 Å². The molecule has 21 heavy (non-hydrogen) atoms. The molecule has 0 aliphatic carbocycles. The normalized spacial score (nSPS) is 18.5. The maximum absolute atomic E-state index is 12.3. The molecule has 2 aromatic rings. The molecule has 1 amide bonds. The van der Waals surface area contributed by atoms with Crippen LogP contribution in [0.15, 0.2) is 12.1 Å². The first kappa shape index (κ1) is 14.2. The van der Waals surface area contributed by atoms with E-state index in [2.05, 4.69) is 39.5 Å². The smallest absolute Gasteiger partial charge is 0.245 e. The zero-order chi connectivity index (χ0) is 15.0. The fraction of sp³-hybridized carbons (Fsp3) is 0.500. The standard InChI is InChI=1S/C14H19N5OS/c1-9-4-5-11(21-9)8-18-6-7-19-10(2)16-17-13(19)12(18)14(20)15-3/h4-5,12H,6-8H2,1-3H3,(H,15,20). The lowest BCUT2D eigenvalue weighted by Gasteiger charge is -2.34. The number of thiophene rings is 1. The Morgan fingerprint density at radius 1 is 1.38 bits per heavy atom. The molecule has 1 unspecified atom stereocenters. The number of nitrogens with one attached hydrogen (secondary N) is 1. The minimum absolute atomic E-state index is 0.0309. The summed E-state index contributed by atoms with van der Waals surface area (Å²) in [5.41, 5.74) is 0. The summed E-state index contributed by atoms with van der Waals surface area (Å²) in [6, 6.07) is 3.88. The SMILES string of the molecule is CNC(=O)C1c2nnc(C)n2CCN1Cc1ccc(C)s1. The average molecular weight is 305 g/mol. The van der Waals surface area contributed by atoms with Gasteiger partial charge in [0.15, 0.2) is 11.9 Å². The number of carbonyl (C=O) groups is 1. The van der Waals surface area contributed by atoms with Gasteiger partial charge in [0.05, 0.1) is 0 Å². The largest absolute Gasteiger partial charge is 0.357 e. The van der Waals surface area contributed by atoms with E-state index in [0.717, 1.165) is 31.3 Å². The lowest BCUT2D eigenvalue weighted by atomic mass is 10.1. The minimum Gasteiger partial charge on any atom is -0.357 e. The highest BCUT2D eigenvalue weighted by Gasteiger charge is 2.35. The number of aryl methyl sites for hydroxylation is 2. The Labute approximate surface area is 127 Å². The van der Waals surface area contributed by atoms with Crippen molar-refractivity contribution in [3.05, 3.63) is 33.5 Å². The van der Waals surface area contributed by atoms with E-state index in [-0.39, 0.29) is 11.9 Å². The molecule has 0 bridgehead atoms. The van der Waals surface area contributed by atoms with Gasteiger partial charge in [-0.05, 0) is 26.0 Å². The number of fused-ring (bicyclic) bond motifs is 1. The van der Waals surface area contributed by atoms with Gasteiger partial charge in [-0.1, -0.05) is 0 Å². The van der Waals surface area contributed by atoms with E-state index in [1.54, 1.807) is 18.4 Å². The minimum atomic E-state index is -0.368. The lowest BCUT2D eigenvalue weighted by Crippen LogP contribution is -2.45. The summed E-state index contributed by atoms with van der Waals surface area (Å²) in [5.74, 6) is 1.58. The van der Waals surface area contributed by atoms with Crippen LogP contribution in [-0.2, 0) is 17.9 Å². The van der Waals surface area contributed by atoms with Crippen LogP contribution in [-0.4, -0.2) is 39.2 Å². The summed E-state index contributed by atoms with van der Waals surface area (Å²) in [4.78, 5) is 17.0. The summed E-state index contributed by atoms with van der Waals surface area (Å²) in [6.07, 6.45) is 0. The highest BCUT2D eigenvalue weighted by molar-refractivity contribution is 7.11. The molecule has 1 N–H and O–H groups in total. The van der Waals surface area contributed by atoms with Gasteiger partial charge in [-0.3, -0.25) is 9.69 Å². The number of aromatic nitrogens is 3. The van der Waals surface area contributed by atoms with Crippen molar-refractivity contribution in [2.24, 2.45) is 0 Å². The van der Waals surface area contributed by atoms with Crippen LogP contribution in [0.3, 0.4) is 0 Å². The number of carbonyl (C=O) groups excluding carboxylic acids is 1. The van der Waals surface area contributed by atoms with Gasteiger partial charge in [0, 0.05) is 36.4 Å². The van der Waals surface area contributed by atoms with Crippen LogP contribution in [0.5, 0.6) is 0 Å². The van der Waals surface area contributed by atoms with Crippen molar-refractivity contribution in [3.63, 3.8) is 0 Å². The molecule has 1 aliphatic heterocycles. The van der Waals surface area contributed by atoms with Gasteiger partial charge in [-0.25, -0.2) is 0 Å². The van der Waals surface area contributed by atoms with Gasteiger partial charge in [0.1, 0.15) is 5.82 Å². The summed E-state index contributed by atoms with van der Waals surface area (Å²) < 4.78 is 2.04. The zero-order valence-corrected chi connectivity index (χ0v) is 13.3. The first-order chi connectivity index (χ1) is 10.1. The first-order valence-electron chi connectivity index (χ1n) is 7.01. The highest BCUT2D eigenvalue weighted by Crippen LogP contribution is 2.28. The maximum atomic E-state index is 12.3. The number of likely N-dealkylation sites (N-methyl/N-ethyl adjacent to an activating group) is 1. The van der Waals surface area contributed by atoms with Gasteiger partial charge in [0.25, 0.3) is 0 Å². The fourth-order valence-corrected chi connectivity index (χ4v) is 3.67. The molecule has 3 heterocycles. The van der Waals surface area contributed by atoms with Crippen LogP contribution in [0.2, 0.25) is 0 Å². The second-order valence-corrected chi connectivity index (χ2v) is 6.63. The van der Waals surface area contributed by atoms with Crippen molar-refractivity contribution in [2.75, 3.05) is 13.6 Å². The monoisotopic (exact) mass is 305 g/mol. The number of amides is 1. The van der Waals surface area contributed by atoms with Crippen LogP contribution >= 0.6 is 11.3 Å². The molecule has 0 fully saturated rings. The molecular formula is C14H19N5OS. The van der Waals surface area contributed by atoms with Gasteiger partial charge in [-0.15, -0.1) is 21.5 Å². The Hall–Kier alpha value is -1.73. The lowest BCUT2D eigenvalue weighted by molar-refractivity contribution is -0.127. The third-order valence-electron chi connectivity index (χ3n) is 3.83. The molecule has 3 rings (SSSR count). The van der Waals surface area contributed by atoms with Gasteiger partial charge in [-0.2, -0.15) is 0 Å². The van der Waals surface area contributed by atoms with Crippen molar-refractivity contribution in [1.29, 1.82) is 0 Å². The molecule has 0 aromatic carbocycles. The summed E-state index contributed by atoms with van der Waals surface area (Å²) in [6.45, 7) is 6.44. The summed E-state index contributed by atoms with van der Waals surface area (Å²) in [7, 11) is 1.66. The Bertz CT molecular complexity index is 662. The van der Waals surface area contributed by atoms with Gasteiger partial charge in [0.2, 0.25) is 5.91 Å². The van der Waals surface area contributed by atoms with Gasteiger partial charge < -0.3 is 9.88 Å². The van der Waals surface area contributed by atoms with E-state index < -0.39 is 0 Å². The number of hydrogen-bond acceptors (Lipinski definition) is 5. The van der Waals surface area contributed by atoms with Crippen molar-refractivity contribution >= 4 is 17.2 Å². The Balaban J connectivity index is 1.91. The highest BCUT2D eigenvalue weighted by atomic mass is 32.1. The molecule has 6 nitrogen and oxygen atoms in total. The van der Waals surface area contributed by atoms with Crippen LogP contribution in [0, 0.1) is 13.8 Å². The molecule has 0 saturated heterocycles. The van der Waals surface area contributed by atoms with Crippen LogP contribution in [0.4, 0.5) is 0 Å². The topological polar surface area (TPSA) is 63.1 Å². The molecule has 1 aliphatic rings. The predicted octanol–water partition coefficient (Wildman–Crippen LogP) is 1.26. The molecule has 112 valence electrons. The van der Waals surface area contributed by atoms with E-state index in [1.807, 2.05) is 11.5 Å². The molecule has 2 aromatic heterocycles. The number of rotatable bonds is 3. The third-order valence-corrected chi connectivity index (χ3v) is 4.82. The van der Waals surface area contributed by atoms with E-state index in [1.165, 1.54) is 9.75 Å². The quantitative estimate of drug-likeness (QED) is 0.927. The molecular weight excluding hydrogens is 286 g/mol. The zero-order valence-electron chi connectivity index (χ0n) is 12.5. The van der Waals surface area contributed by atoms with Crippen molar-refractivity contribution in [3.8, 4) is 0 Å². The summed E-state index contributed by atoms with van der Waals surface area (Å²) >= 11 is 1.77. The van der Waals surface area contributed by atoms with E-state index in [9.17, 15) is 4.79 Å². The first-order valence-corrected chi connectivity index (χ1v) is 7.82. The summed E-state index contributed by atoms with van der Waals surface area (Å²) in [5, 5.41) is 11.1. The number of hydrogen-bond donors (Lipinski definition) is 1. The number of nitrogens with zero attached hydrogens (tertiary/aromatic N) is 4. The maximum Gasteiger partial charge on any atom is 0.245 e. The molecule has 1 atom stereocenters. The molecule has 0 radical (unpaired) electrons. The predicted molar refractivity (Wildman–Crippen MR) is 81.0 cm³/mol. The van der Waals surface area contributed by atoms with Crippen LogP contribution in [0.1, 0.15) is 27.4 Å². The van der Waals surface area contributed by atoms with Crippen molar-refractivity contribution in [2.45, 2.75) is 33.0 Å². The Morgan fingerprint density at radius 2 is 2.19 bits per heavy atom. The second kappa shape index (κ2) is 5.57. The Morgan fingerprint density at radius 3 is 2.86 bits per heavy atom. The average Bonchev–Trinajstić information content (AvgIpc) is 3.05. The molecule has 0 spiro atoms. The molecule has 0 saturated carbocycles. The van der Waals surface area contributed by atoms with E-state index in [4.69, 9.17) is 0 Å². The molecule has 7 heteroatoms.